The number of phosphoric ester groups is 1. The summed E-state index contributed by atoms with van der Waals surface area (Å²) in [5.41, 5.74) is 5.32. The van der Waals surface area contributed by atoms with Crippen molar-refractivity contribution in [2.24, 2.45) is 5.73 Å². The van der Waals surface area contributed by atoms with Crippen LogP contribution in [-0.2, 0) is 32.7 Å². The van der Waals surface area contributed by atoms with Crippen molar-refractivity contribution in [3.63, 3.8) is 0 Å². The minimum atomic E-state index is -4.41. The number of hydrogen-bond acceptors (Lipinski definition) is 9. The van der Waals surface area contributed by atoms with E-state index in [-0.39, 0.29) is 32.6 Å². The smallest absolute Gasteiger partial charge is 0.462 e. The van der Waals surface area contributed by atoms with Crippen LogP contribution in [0.1, 0.15) is 149 Å². The van der Waals surface area contributed by atoms with Gasteiger partial charge in [0.15, 0.2) is 6.10 Å². The van der Waals surface area contributed by atoms with Crippen molar-refractivity contribution in [3.8, 4) is 0 Å². The Morgan fingerprint density at radius 2 is 1.25 bits per heavy atom. The number of rotatable bonds is 36. The zero-order chi connectivity index (χ0) is 38.4. The number of ether oxygens (including phenoxy) is 2. The van der Waals surface area contributed by atoms with Crippen LogP contribution in [-0.4, -0.2) is 60.5 Å². The van der Waals surface area contributed by atoms with E-state index in [1.807, 2.05) is 36.5 Å². The average Bonchev–Trinajstić information content (AvgIpc) is 3.12. The van der Waals surface area contributed by atoms with Crippen LogP contribution < -0.4 is 5.73 Å². The molecule has 52 heavy (non-hydrogen) atoms. The molecule has 3 atom stereocenters. The highest BCUT2D eigenvalue weighted by atomic mass is 31.2. The van der Waals surface area contributed by atoms with Gasteiger partial charge in [0.1, 0.15) is 6.61 Å². The molecule has 0 aromatic carbocycles. The Bertz CT molecular complexity index is 1060. The van der Waals surface area contributed by atoms with Gasteiger partial charge in [-0.1, -0.05) is 126 Å². The lowest BCUT2D eigenvalue weighted by molar-refractivity contribution is -0.161. The maximum absolute atomic E-state index is 12.5. The fourth-order valence-electron chi connectivity index (χ4n) is 4.94. The monoisotopic (exact) mass is 753 g/mol. The minimum Gasteiger partial charge on any atom is -0.462 e. The molecular weight excluding hydrogens is 681 g/mol. The molecule has 0 aromatic rings. The van der Waals surface area contributed by atoms with Gasteiger partial charge >= 0.3 is 19.8 Å². The first-order valence-electron chi connectivity index (χ1n) is 19.9. The Kier molecular flexibility index (Phi) is 35.3. The molecule has 0 saturated heterocycles. The zero-order valence-electron chi connectivity index (χ0n) is 32.4. The molecule has 0 bridgehead atoms. The molecule has 11 heteroatoms. The average molecular weight is 754 g/mol. The predicted molar refractivity (Wildman–Crippen MR) is 212 cm³/mol. The summed E-state index contributed by atoms with van der Waals surface area (Å²) in [4.78, 5) is 34.7. The van der Waals surface area contributed by atoms with E-state index in [2.05, 4.69) is 32.1 Å². The van der Waals surface area contributed by atoms with Crippen LogP contribution in [0.15, 0.2) is 60.8 Å². The first-order valence-corrected chi connectivity index (χ1v) is 21.4. The summed E-state index contributed by atoms with van der Waals surface area (Å²) in [6.45, 7) is 3.49. The van der Waals surface area contributed by atoms with Crippen LogP contribution in [0.5, 0.6) is 0 Å². The molecule has 10 nitrogen and oxygen atoms in total. The Hall–Kier alpha value is -2.33. The minimum absolute atomic E-state index is 0.0312. The summed E-state index contributed by atoms with van der Waals surface area (Å²) in [6.07, 6.45) is 38.5. The first kappa shape index (κ1) is 49.7. The fourth-order valence-corrected chi connectivity index (χ4v) is 5.70. The summed E-state index contributed by atoms with van der Waals surface area (Å²) >= 11 is 0. The highest BCUT2D eigenvalue weighted by molar-refractivity contribution is 7.47. The summed E-state index contributed by atoms with van der Waals surface area (Å²) in [5.74, 6) is -0.950. The fraction of sp³-hybridized carbons (Fsp3) is 0.707. The van der Waals surface area contributed by atoms with Gasteiger partial charge in [0.25, 0.3) is 0 Å². The van der Waals surface area contributed by atoms with Gasteiger partial charge in [-0.05, 0) is 70.6 Å². The molecule has 0 aliphatic carbocycles. The molecule has 0 spiro atoms. The van der Waals surface area contributed by atoms with Gasteiger partial charge in [0.05, 0.1) is 19.3 Å². The lowest BCUT2D eigenvalue weighted by Gasteiger charge is -2.19. The van der Waals surface area contributed by atoms with Gasteiger partial charge in [-0.2, -0.15) is 0 Å². The Morgan fingerprint density at radius 1 is 0.673 bits per heavy atom. The summed E-state index contributed by atoms with van der Waals surface area (Å²) in [5, 5.41) is 10.0. The van der Waals surface area contributed by atoms with Crippen LogP contribution in [0.3, 0.4) is 0 Å². The normalized spacial score (nSPS) is 14.6. The van der Waals surface area contributed by atoms with Gasteiger partial charge < -0.3 is 25.2 Å². The van der Waals surface area contributed by atoms with Crippen molar-refractivity contribution in [2.45, 2.75) is 161 Å². The zero-order valence-corrected chi connectivity index (χ0v) is 33.3. The first-order chi connectivity index (χ1) is 25.2. The number of carbonyl (C=O) groups is 2. The molecule has 0 aromatic heterocycles. The second kappa shape index (κ2) is 37.0. The van der Waals surface area contributed by atoms with E-state index in [1.165, 1.54) is 44.9 Å². The number of esters is 2. The molecule has 0 rings (SSSR count). The second-order valence-electron chi connectivity index (χ2n) is 13.0. The molecule has 0 heterocycles. The highest BCUT2D eigenvalue weighted by Gasteiger charge is 2.25. The van der Waals surface area contributed by atoms with Crippen molar-refractivity contribution in [2.75, 3.05) is 26.4 Å². The molecular formula is C41H72NO9P. The van der Waals surface area contributed by atoms with Crippen molar-refractivity contribution in [1.29, 1.82) is 0 Å². The van der Waals surface area contributed by atoms with Crippen molar-refractivity contribution in [1.82, 2.24) is 0 Å². The lowest BCUT2D eigenvalue weighted by atomic mass is 10.1. The van der Waals surface area contributed by atoms with Gasteiger partial charge in [-0.15, -0.1) is 0 Å². The number of allylic oxidation sites excluding steroid dienone is 8. The van der Waals surface area contributed by atoms with Gasteiger partial charge in [0.2, 0.25) is 0 Å². The number of unbranched alkanes of at least 4 members (excludes halogenated alkanes) is 13. The quantitative estimate of drug-likeness (QED) is 0.0185. The van der Waals surface area contributed by atoms with E-state index in [1.54, 1.807) is 6.08 Å². The molecule has 0 fully saturated rings. The number of phosphoric acid groups is 1. The van der Waals surface area contributed by atoms with E-state index >= 15 is 0 Å². The van der Waals surface area contributed by atoms with Crippen LogP contribution >= 0.6 is 7.82 Å². The largest absolute Gasteiger partial charge is 0.472 e. The molecule has 0 aliphatic heterocycles. The maximum Gasteiger partial charge on any atom is 0.472 e. The predicted octanol–water partition coefficient (Wildman–Crippen LogP) is 9.91. The van der Waals surface area contributed by atoms with Gasteiger partial charge in [0, 0.05) is 19.4 Å². The van der Waals surface area contributed by atoms with Crippen molar-refractivity contribution in [3.05, 3.63) is 60.8 Å². The topological polar surface area (TPSA) is 155 Å². The SMILES string of the molecule is CCCCC/C=C\CC(O)/C=C/C=C\C/C=C\CCCC(=O)OC(COC(=O)CCCCCCC/C=C\CCCCCC)COP(=O)(O)OCCN. The van der Waals surface area contributed by atoms with Crippen LogP contribution in [0.4, 0.5) is 0 Å². The van der Waals surface area contributed by atoms with Crippen molar-refractivity contribution >= 4 is 19.8 Å². The van der Waals surface area contributed by atoms with Gasteiger partial charge in [-0.25, -0.2) is 4.57 Å². The Labute approximate surface area is 315 Å². The molecule has 300 valence electrons. The highest BCUT2D eigenvalue weighted by Crippen LogP contribution is 2.43. The van der Waals surface area contributed by atoms with Crippen molar-refractivity contribution < 1.29 is 42.7 Å². The Balaban J connectivity index is 4.41. The summed E-state index contributed by atoms with van der Waals surface area (Å²) < 4.78 is 32.6. The third-order valence-corrected chi connectivity index (χ3v) is 8.94. The second-order valence-corrected chi connectivity index (χ2v) is 14.4. The number of aliphatic hydroxyl groups is 1. The lowest BCUT2D eigenvalue weighted by Crippen LogP contribution is -2.29. The van der Waals surface area contributed by atoms with Crippen LogP contribution in [0.2, 0.25) is 0 Å². The molecule has 0 saturated carbocycles. The molecule has 3 unspecified atom stereocenters. The standard InChI is InChI=1S/C41H72NO9P/c1-3-5-7-9-11-12-13-14-15-16-20-24-28-32-40(44)48-36-39(37-50-52(46,47)49-35-34-42)51-41(45)33-29-25-21-18-17-19-23-27-31-38(43)30-26-22-10-8-6-4-2/h12-13,18-19,21-23,26-27,31,38-39,43H,3-11,14-17,20,24-25,28-30,32-37,42H2,1-2H3,(H,46,47)/b13-12-,21-18-,23-19-,26-22-,31-27+. The summed E-state index contributed by atoms with van der Waals surface area (Å²) in [7, 11) is -4.41. The van der Waals surface area contributed by atoms with E-state index in [4.69, 9.17) is 24.3 Å². The third-order valence-electron chi connectivity index (χ3n) is 7.96. The van der Waals surface area contributed by atoms with E-state index in [0.717, 1.165) is 51.4 Å². The molecule has 4 N–H and O–H groups in total. The number of carbonyl (C=O) groups excluding carboxylic acids is 2. The number of nitrogens with two attached hydrogens (primary N) is 1. The molecule has 0 amide bonds. The number of aliphatic hydroxyl groups excluding tert-OH is 1. The van der Waals surface area contributed by atoms with Crippen LogP contribution in [0.25, 0.3) is 0 Å². The number of hydrogen-bond donors (Lipinski definition) is 3. The van der Waals surface area contributed by atoms with E-state index in [0.29, 0.717) is 25.7 Å². The summed E-state index contributed by atoms with van der Waals surface area (Å²) in [6, 6.07) is 0. The molecule has 0 aliphatic rings. The Morgan fingerprint density at radius 3 is 1.96 bits per heavy atom. The van der Waals surface area contributed by atoms with E-state index in [9.17, 15) is 24.2 Å². The molecule has 0 radical (unpaired) electrons. The third kappa shape index (κ3) is 36.0. The van der Waals surface area contributed by atoms with Crippen LogP contribution in [0, 0.1) is 0 Å². The van der Waals surface area contributed by atoms with Gasteiger partial charge in [-0.3, -0.25) is 18.6 Å². The maximum atomic E-state index is 12.5. The van der Waals surface area contributed by atoms with E-state index < -0.39 is 38.6 Å².